The van der Waals surface area contributed by atoms with Crippen molar-refractivity contribution in [2.75, 3.05) is 6.61 Å². The first-order valence-corrected chi connectivity index (χ1v) is 3.58. The van der Waals surface area contributed by atoms with Crippen molar-refractivity contribution >= 4 is 5.97 Å². The fraction of sp³-hybridized carbons (Fsp3) is 0.857. The number of rotatable bonds is 0. The summed E-state index contributed by atoms with van der Waals surface area (Å²) < 4.78 is 10.3. The van der Waals surface area contributed by atoms with Gasteiger partial charge >= 0.3 is 5.97 Å². The fourth-order valence-electron chi connectivity index (χ4n) is 1.62. The lowest BCUT2D eigenvalue weighted by atomic mass is 9.99. The van der Waals surface area contributed by atoms with E-state index in [9.17, 15) is 4.79 Å². The predicted octanol–water partition coefficient (Wildman–Crippen LogP) is 0.337. The summed E-state index contributed by atoms with van der Waals surface area (Å²) in [6.45, 7) is 2.59. The first-order chi connectivity index (χ1) is 4.77. The van der Waals surface area contributed by atoms with E-state index in [1.54, 1.807) is 0 Å². The minimum Gasteiger partial charge on any atom is -0.459 e. The average Bonchev–Trinajstić information content (AvgIpc) is 2.35. The monoisotopic (exact) mass is 142 g/mol. The summed E-state index contributed by atoms with van der Waals surface area (Å²) in [5, 5.41) is 0. The van der Waals surface area contributed by atoms with Gasteiger partial charge in [-0.3, -0.25) is 4.79 Å². The van der Waals surface area contributed by atoms with Gasteiger partial charge in [0.1, 0.15) is 6.10 Å². The van der Waals surface area contributed by atoms with E-state index < -0.39 is 0 Å². The van der Waals surface area contributed by atoms with Gasteiger partial charge in [0.2, 0.25) is 0 Å². The Morgan fingerprint density at radius 3 is 3.10 bits per heavy atom. The first kappa shape index (κ1) is 6.16. The van der Waals surface area contributed by atoms with Crippen LogP contribution in [0.5, 0.6) is 0 Å². The molecular formula is C7H10O3. The molecule has 2 fully saturated rings. The summed E-state index contributed by atoms with van der Waals surface area (Å²) in [6, 6.07) is 0. The van der Waals surface area contributed by atoms with Gasteiger partial charge in [-0.05, 0) is 6.92 Å². The first-order valence-electron chi connectivity index (χ1n) is 3.58. The number of carbonyl (C=O) groups is 1. The molecule has 0 radical (unpaired) electrons. The van der Waals surface area contributed by atoms with E-state index in [4.69, 9.17) is 9.47 Å². The second-order valence-corrected chi connectivity index (χ2v) is 2.93. The summed E-state index contributed by atoms with van der Waals surface area (Å²) in [4.78, 5) is 10.7. The summed E-state index contributed by atoms with van der Waals surface area (Å²) in [6.07, 6.45) is 0.810. The topological polar surface area (TPSA) is 35.5 Å². The van der Waals surface area contributed by atoms with Crippen molar-refractivity contribution in [3.8, 4) is 0 Å². The molecule has 0 amide bonds. The van der Waals surface area contributed by atoms with Crippen molar-refractivity contribution in [2.45, 2.75) is 25.6 Å². The molecule has 2 aliphatic rings. The number of fused-ring (bicyclic) bond motifs is 1. The highest BCUT2D eigenvalue weighted by molar-refractivity contribution is 5.72. The normalized spacial score (nSPS) is 45.3. The van der Waals surface area contributed by atoms with Crippen LogP contribution in [0.2, 0.25) is 0 Å². The Morgan fingerprint density at radius 1 is 1.60 bits per heavy atom. The van der Waals surface area contributed by atoms with E-state index in [-0.39, 0.29) is 18.2 Å². The molecule has 1 unspecified atom stereocenters. The predicted molar refractivity (Wildman–Crippen MR) is 33.4 cm³/mol. The van der Waals surface area contributed by atoms with Crippen LogP contribution in [-0.4, -0.2) is 24.8 Å². The molecule has 0 N–H and O–H groups in total. The minimum atomic E-state index is -0.0647. The van der Waals surface area contributed by atoms with Crippen LogP contribution in [0.1, 0.15) is 13.3 Å². The van der Waals surface area contributed by atoms with E-state index in [1.807, 2.05) is 6.92 Å². The van der Waals surface area contributed by atoms with Gasteiger partial charge in [0.05, 0.1) is 19.1 Å². The summed E-state index contributed by atoms with van der Waals surface area (Å²) >= 11 is 0. The second-order valence-electron chi connectivity index (χ2n) is 2.93. The second kappa shape index (κ2) is 1.95. The van der Waals surface area contributed by atoms with Gasteiger partial charge in [-0.15, -0.1) is 0 Å². The summed E-state index contributed by atoms with van der Waals surface area (Å²) in [5.74, 6) is 0.262. The lowest BCUT2D eigenvalue weighted by molar-refractivity contribution is -0.142. The van der Waals surface area contributed by atoms with Crippen LogP contribution < -0.4 is 0 Å². The van der Waals surface area contributed by atoms with Gasteiger partial charge < -0.3 is 9.47 Å². The molecule has 2 aliphatic heterocycles. The molecule has 0 bridgehead atoms. The quantitative estimate of drug-likeness (QED) is 0.457. The van der Waals surface area contributed by atoms with Gasteiger partial charge in [0.15, 0.2) is 0 Å². The molecule has 56 valence electrons. The third-order valence-electron chi connectivity index (χ3n) is 2.29. The van der Waals surface area contributed by atoms with E-state index in [1.165, 1.54) is 0 Å². The molecule has 0 spiro atoms. The van der Waals surface area contributed by atoms with Crippen LogP contribution in [0.3, 0.4) is 0 Å². The Hall–Kier alpha value is -0.570. The lowest BCUT2D eigenvalue weighted by Gasteiger charge is -2.06. The van der Waals surface area contributed by atoms with Crippen LogP contribution in [0.25, 0.3) is 0 Å². The van der Waals surface area contributed by atoms with E-state index in [0.717, 1.165) is 0 Å². The van der Waals surface area contributed by atoms with Gasteiger partial charge in [0, 0.05) is 5.92 Å². The smallest absolute Gasteiger partial charge is 0.306 e. The molecule has 10 heavy (non-hydrogen) atoms. The van der Waals surface area contributed by atoms with Gasteiger partial charge in [0.25, 0.3) is 0 Å². The van der Waals surface area contributed by atoms with Crippen molar-refractivity contribution in [2.24, 2.45) is 5.92 Å². The van der Waals surface area contributed by atoms with Crippen molar-refractivity contribution in [1.82, 2.24) is 0 Å². The van der Waals surface area contributed by atoms with Gasteiger partial charge in [-0.25, -0.2) is 0 Å². The van der Waals surface area contributed by atoms with Crippen LogP contribution in [0.4, 0.5) is 0 Å². The molecular weight excluding hydrogens is 132 g/mol. The van der Waals surface area contributed by atoms with Crippen LogP contribution >= 0.6 is 0 Å². The number of hydrogen-bond donors (Lipinski definition) is 0. The molecule has 3 nitrogen and oxygen atoms in total. The molecule has 2 heterocycles. The summed E-state index contributed by atoms with van der Waals surface area (Å²) in [5.41, 5.74) is 0. The fourth-order valence-corrected chi connectivity index (χ4v) is 1.62. The van der Waals surface area contributed by atoms with Crippen molar-refractivity contribution in [1.29, 1.82) is 0 Å². The maximum atomic E-state index is 10.7. The maximum absolute atomic E-state index is 10.7. The molecule has 3 heteroatoms. The number of carbonyl (C=O) groups excluding carboxylic acids is 1. The standard InChI is InChI=1S/C7H10O3/c1-4-5-2-7(8)10-6(5)3-9-4/h4-6H,2-3H2,1H3/t4?,5-,6+/m0/s1. The van der Waals surface area contributed by atoms with Crippen molar-refractivity contribution in [3.63, 3.8) is 0 Å². The third-order valence-corrected chi connectivity index (χ3v) is 2.29. The SMILES string of the molecule is CC1OC[C@H]2OC(=O)C[C@@H]12. The van der Waals surface area contributed by atoms with Crippen molar-refractivity contribution < 1.29 is 14.3 Å². The number of hydrogen-bond acceptors (Lipinski definition) is 3. The summed E-state index contributed by atoms with van der Waals surface area (Å²) in [7, 11) is 0. The highest BCUT2D eigenvalue weighted by atomic mass is 16.6. The maximum Gasteiger partial charge on any atom is 0.306 e. The largest absolute Gasteiger partial charge is 0.459 e. The van der Waals surface area contributed by atoms with Crippen LogP contribution in [-0.2, 0) is 14.3 Å². The molecule has 3 atom stereocenters. The minimum absolute atomic E-state index is 0.0579. The Balaban J connectivity index is 2.12. The number of ether oxygens (including phenoxy) is 2. The van der Waals surface area contributed by atoms with E-state index in [2.05, 4.69) is 0 Å². The van der Waals surface area contributed by atoms with Gasteiger partial charge in [-0.1, -0.05) is 0 Å². The van der Waals surface area contributed by atoms with Crippen molar-refractivity contribution in [3.05, 3.63) is 0 Å². The lowest BCUT2D eigenvalue weighted by Crippen LogP contribution is -2.16. The average molecular weight is 142 g/mol. The number of esters is 1. The molecule has 2 rings (SSSR count). The Bertz CT molecular complexity index is 166. The molecule has 0 aromatic rings. The Labute approximate surface area is 59.3 Å². The highest BCUT2D eigenvalue weighted by Gasteiger charge is 2.43. The zero-order valence-electron chi connectivity index (χ0n) is 5.87. The third kappa shape index (κ3) is 0.736. The zero-order valence-corrected chi connectivity index (χ0v) is 5.87. The van der Waals surface area contributed by atoms with E-state index >= 15 is 0 Å². The molecule has 2 saturated heterocycles. The molecule has 0 aromatic heterocycles. The molecule has 0 aliphatic carbocycles. The van der Waals surface area contributed by atoms with Crippen LogP contribution in [0, 0.1) is 5.92 Å². The molecule has 0 saturated carbocycles. The molecule has 0 aromatic carbocycles. The van der Waals surface area contributed by atoms with Crippen LogP contribution in [0.15, 0.2) is 0 Å². The zero-order chi connectivity index (χ0) is 7.14. The Kier molecular flexibility index (Phi) is 1.20. The van der Waals surface area contributed by atoms with Gasteiger partial charge in [-0.2, -0.15) is 0 Å². The highest BCUT2D eigenvalue weighted by Crippen LogP contribution is 2.32. The van der Waals surface area contributed by atoms with E-state index in [0.29, 0.717) is 18.9 Å². The Morgan fingerprint density at radius 2 is 2.40 bits per heavy atom.